The highest BCUT2D eigenvalue weighted by Gasteiger charge is 2.14. The maximum absolute atomic E-state index is 4.97. The Bertz CT molecular complexity index is 1970. The Morgan fingerprint density at radius 1 is 0.326 bits per heavy atom. The topological polar surface area (TPSA) is 50.7 Å². The summed E-state index contributed by atoms with van der Waals surface area (Å²) >= 11 is 0. The van der Waals surface area contributed by atoms with Gasteiger partial charge in [0.2, 0.25) is 5.95 Å². The van der Waals surface area contributed by atoms with Gasteiger partial charge >= 0.3 is 0 Å². The number of benzene rings is 6. The lowest BCUT2D eigenvalue weighted by Crippen LogP contribution is -2.04. The zero-order valence-corrected chi connectivity index (χ0v) is 23.4. The predicted octanol–water partition coefficient (Wildman–Crippen LogP) is 9.95. The van der Waals surface area contributed by atoms with Crippen LogP contribution in [0.15, 0.2) is 164 Å². The third-order valence-corrected chi connectivity index (χ3v) is 7.37. The summed E-state index contributed by atoms with van der Waals surface area (Å²) < 4.78 is 0. The Morgan fingerprint density at radius 3 is 1.47 bits per heavy atom. The number of aromatic nitrogens is 3. The summed E-state index contributed by atoms with van der Waals surface area (Å²) in [5.41, 5.74) is 9.52. The summed E-state index contributed by atoms with van der Waals surface area (Å²) in [6, 6.07) is 56.0. The van der Waals surface area contributed by atoms with Crippen LogP contribution in [-0.2, 0) is 0 Å². The second-order valence-corrected chi connectivity index (χ2v) is 10.2. The Hall–Kier alpha value is -5.87. The van der Waals surface area contributed by atoms with Crippen molar-refractivity contribution in [1.82, 2.24) is 15.0 Å². The first-order valence-electron chi connectivity index (χ1n) is 14.3. The van der Waals surface area contributed by atoms with Crippen molar-refractivity contribution in [1.29, 1.82) is 0 Å². The molecule has 204 valence electrons. The lowest BCUT2D eigenvalue weighted by molar-refractivity contribution is 1.07. The van der Waals surface area contributed by atoms with Gasteiger partial charge in [0.15, 0.2) is 11.6 Å². The molecule has 4 nitrogen and oxygen atoms in total. The van der Waals surface area contributed by atoms with E-state index in [1.807, 2.05) is 66.7 Å². The molecule has 0 aliphatic heterocycles. The quantitative estimate of drug-likeness (QED) is 0.214. The second kappa shape index (κ2) is 11.9. The first-order valence-corrected chi connectivity index (χ1v) is 14.3. The van der Waals surface area contributed by atoms with Crippen LogP contribution >= 0.6 is 0 Å². The van der Waals surface area contributed by atoms with Gasteiger partial charge in [0, 0.05) is 22.4 Å². The highest BCUT2D eigenvalue weighted by molar-refractivity contribution is 5.80. The van der Waals surface area contributed by atoms with Gasteiger partial charge in [-0.1, -0.05) is 152 Å². The zero-order valence-electron chi connectivity index (χ0n) is 23.4. The number of nitrogens with zero attached hydrogens (tertiary/aromatic N) is 3. The maximum Gasteiger partial charge on any atom is 0.231 e. The SMILES string of the molecule is c1ccc(-c2ccc(-c3nc(Nc4ccccc4-c4ccccc4)nc(-c4cccc(-c5ccccc5)c4)n3)cc2)cc1. The standard InChI is InChI=1S/C39H28N4/c1-4-13-28(14-5-1)30-23-25-32(26-24-30)37-41-38(34-20-12-19-33(27-34)29-15-6-2-7-16-29)43-39(42-37)40-36-22-11-10-21-35(36)31-17-8-3-9-18-31/h1-27H,(H,40,41,42,43). The van der Waals surface area contributed by atoms with Crippen molar-refractivity contribution in [2.45, 2.75) is 0 Å². The van der Waals surface area contributed by atoms with Crippen molar-refractivity contribution >= 4 is 11.6 Å². The number of para-hydroxylation sites is 1. The molecule has 0 amide bonds. The van der Waals surface area contributed by atoms with Gasteiger partial charge in [-0.3, -0.25) is 0 Å². The van der Waals surface area contributed by atoms with Gasteiger partial charge < -0.3 is 5.32 Å². The van der Waals surface area contributed by atoms with Gasteiger partial charge in [0.1, 0.15) is 0 Å². The number of anilines is 2. The molecular weight excluding hydrogens is 524 g/mol. The van der Waals surface area contributed by atoms with Crippen LogP contribution in [0.3, 0.4) is 0 Å². The molecule has 7 rings (SSSR count). The molecule has 43 heavy (non-hydrogen) atoms. The molecule has 0 radical (unpaired) electrons. The van der Waals surface area contributed by atoms with E-state index in [1.165, 1.54) is 5.56 Å². The van der Waals surface area contributed by atoms with Gasteiger partial charge in [0.25, 0.3) is 0 Å². The molecule has 0 unspecified atom stereocenters. The largest absolute Gasteiger partial charge is 0.323 e. The van der Waals surface area contributed by atoms with E-state index in [-0.39, 0.29) is 0 Å². The molecule has 1 N–H and O–H groups in total. The Balaban J connectivity index is 1.32. The van der Waals surface area contributed by atoms with Gasteiger partial charge in [-0.05, 0) is 39.9 Å². The third-order valence-electron chi connectivity index (χ3n) is 7.37. The maximum atomic E-state index is 4.97. The minimum atomic E-state index is 0.487. The van der Waals surface area contributed by atoms with E-state index in [4.69, 9.17) is 15.0 Å². The Labute approximate surface area is 251 Å². The van der Waals surface area contributed by atoms with Crippen LogP contribution < -0.4 is 5.32 Å². The van der Waals surface area contributed by atoms with Crippen molar-refractivity contribution in [2.24, 2.45) is 0 Å². The van der Waals surface area contributed by atoms with Crippen molar-refractivity contribution in [3.63, 3.8) is 0 Å². The summed E-state index contributed by atoms with van der Waals surface area (Å²) in [4.78, 5) is 14.8. The monoisotopic (exact) mass is 552 g/mol. The minimum absolute atomic E-state index is 0.487. The molecule has 0 saturated carbocycles. The van der Waals surface area contributed by atoms with Crippen LogP contribution in [0.5, 0.6) is 0 Å². The minimum Gasteiger partial charge on any atom is -0.323 e. The van der Waals surface area contributed by atoms with E-state index in [0.29, 0.717) is 17.6 Å². The second-order valence-electron chi connectivity index (χ2n) is 10.2. The van der Waals surface area contributed by atoms with Crippen molar-refractivity contribution < 1.29 is 0 Å². The molecule has 0 saturated heterocycles. The van der Waals surface area contributed by atoms with Crippen molar-refractivity contribution in [3.05, 3.63) is 164 Å². The molecule has 7 aromatic rings. The molecule has 0 bridgehead atoms. The van der Waals surface area contributed by atoms with Crippen LogP contribution in [0, 0.1) is 0 Å². The van der Waals surface area contributed by atoms with Crippen LogP contribution in [0.4, 0.5) is 11.6 Å². The molecular formula is C39H28N4. The van der Waals surface area contributed by atoms with Crippen molar-refractivity contribution in [2.75, 3.05) is 5.32 Å². The summed E-state index contributed by atoms with van der Waals surface area (Å²) in [7, 11) is 0. The average molecular weight is 553 g/mol. The predicted molar refractivity (Wildman–Crippen MR) is 177 cm³/mol. The van der Waals surface area contributed by atoms with Crippen LogP contribution in [0.25, 0.3) is 56.2 Å². The number of rotatable bonds is 7. The first-order chi connectivity index (χ1) is 21.3. The molecule has 0 atom stereocenters. The van der Waals surface area contributed by atoms with Crippen molar-refractivity contribution in [3.8, 4) is 56.2 Å². The van der Waals surface area contributed by atoms with Gasteiger partial charge in [-0.25, -0.2) is 4.98 Å². The molecule has 0 spiro atoms. The van der Waals surface area contributed by atoms with Crippen LogP contribution in [-0.4, -0.2) is 15.0 Å². The zero-order chi connectivity index (χ0) is 28.8. The smallest absolute Gasteiger partial charge is 0.231 e. The van der Waals surface area contributed by atoms with Crippen LogP contribution in [0.2, 0.25) is 0 Å². The van der Waals surface area contributed by atoms with E-state index in [0.717, 1.165) is 44.6 Å². The summed E-state index contributed by atoms with van der Waals surface area (Å²) in [6.45, 7) is 0. The normalized spacial score (nSPS) is 10.8. The summed E-state index contributed by atoms with van der Waals surface area (Å²) in [6.07, 6.45) is 0. The molecule has 0 aliphatic rings. The van der Waals surface area contributed by atoms with E-state index in [2.05, 4.69) is 102 Å². The fraction of sp³-hybridized carbons (Fsp3) is 0. The average Bonchev–Trinajstić information content (AvgIpc) is 3.10. The number of hydrogen-bond acceptors (Lipinski definition) is 4. The number of hydrogen-bond donors (Lipinski definition) is 1. The lowest BCUT2D eigenvalue weighted by atomic mass is 10.0. The van der Waals surface area contributed by atoms with E-state index in [9.17, 15) is 0 Å². The first kappa shape index (κ1) is 26.1. The highest BCUT2D eigenvalue weighted by atomic mass is 15.2. The summed E-state index contributed by atoms with van der Waals surface area (Å²) in [5, 5.41) is 3.51. The molecule has 1 heterocycles. The fourth-order valence-corrected chi connectivity index (χ4v) is 5.18. The van der Waals surface area contributed by atoms with Gasteiger partial charge in [-0.2, -0.15) is 9.97 Å². The number of nitrogens with one attached hydrogen (secondary N) is 1. The van der Waals surface area contributed by atoms with E-state index in [1.54, 1.807) is 0 Å². The molecule has 0 fully saturated rings. The van der Waals surface area contributed by atoms with Gasteiger partial charge in [0.05, 0.1) is 0 Å². The van der Waals surface area contributed by atoms with Crippen LogP contribution in [0.1, 0.15) is 0 Å². The molecule has 1 aromatic heterocycles. The molecule has 0 aliphatic carbocycles. The third kappa shape index (κ3) is 5.81. The summed E-state index contributed by atoms with van der Waals surface area (Å²) in [5.74, 6) is 1.70. The Kier molecular flexibility index (Phi) is 7.23. The van der Waals surface area contributed by atoms with Gasteiger partial charge in [-0.15, -0.1) is 0 Å². The molecule has 6 aromatic carbocycles. The fourth-order valence-electron chi connectivity index (χ4n) is 5.18. The molecule has 4 heteroatoms. The highest BCUT2D eigenvalue weighted by Crippen LogP contribution is 2.32. The lowest BCUT2D eigenvalue weighted by Gasteiger charge is -2.13. The Morgan fingerprint density at radius 2 is 0.791 bits per heavy atom. The van der Waals surface area contributed by atoms with E-state index >= 15 is 0 Å². The van der Waals surface area contributed by atoms with E-state index < -0.39 is 0 Å².